The minimum atomic E-state index is 0.541. The topological polar surface area (TPSA) is 84.0 Å². The van der Waals surface area contributed by atoms with Crippen LogP contribution in [0.1, 0.15) is 5.76 Å². The van der Waals surface area contributed by atoms with E-state index in [0.717, 1.165) is 33.6 Å². The summed E-state index contributed by atoms with van der Waals surface area (Å²) in [5, 5.41) is 12.7. The summed E-state index contributed by atoms with van der Waals surface area (Å²) in [6.07, 6.45) is 5.11. The Balaban J connectivity index is 1.56. The van der Waals surface area contributed by atoms with E-state index >= 15 is 0 Å². The number of furan rings is 1. The molecule has 0 amide bonds. The van der Waals surface area contributed by atoms with Gasteiger partial charge >= 0.3 is 0 Å². The third-order valence-electron chi connectivity index (χ3n) is 4.15. The fourth-order valence-corrected chi connectivity index (χ4v) is 2.94. The van der Waals surface area contributed by atoms with Gasteiger partial charge in [0.1, 0.15) is 12.1 Å². The van der Waals surface area contributed by atoms with Gasteiger partial charge in [-0.05, 0) is 24.3 Å². The molecule has 0 unspecified atom stereocenters. The minimum absolute atomic E-state index is 0.541. The largest absolute Gasteiger partial charge is 0.467 e. The number of aromatic nitrogens is 5. The number of nitrogens with zero attached hydrogens (tertiary/aromatic N) is 4. The predicted octanol–water partition coefficient (Wildman–Crippen LogP) is 3.48. The van der Waals surface area contributed by atoms with Gasteiger partial charge in [-0.2, -0.15) is 0 Å². The molecule has 25 heavy (non-hydrogen) atoms. The van der Waals surface area contributed by atoms with Crippen molar-refractivity contribution in [3.63, 3.8) is 0 Å². The Labute approximate surface area is 142 Å². The monoisotopic (exact) mass is 330 g/mol. The van der Waals surface area contributed by atoms with Crippen LogP contribution >= 0.6 is 0 Å². The molecule has 7 nitrogen and oxygen atoms in total. The number of benzene rings is 1. The highest BCUT2D eigenvalue weighted by Gasteiger charge is 2.13. The van der Waals surface area contributed by atoms with Crippen molar-refractivity contribution in [1.82, 2.24) is 24.6 Å². The van der Waals surface area contributed by atoms with E-state index in [1.165, 1.54) is 0 Å². The van der Waals surface area contributed by atoms with Gasteiger partial charge in [-0.25, -0.2) is 4.98 Å². The zero-order valence-electron chi connectivity index (χ0n) is 13.2. The molecule has 4 heterocycles. The molecular formula is C18H14N6O. The summed E-state index contributed by atoms with van der Waals surface area (Å²) in [6, 6.07) is 14.0. The van der Waals surface area contributed by atoms with Crippen molar-refractivity contribution in [1.29, 1.82) is 0 Å². The average molecular weight is 330 g/mol. The van der Waals surface area contributed by atoms with Crippen LogP contribution in [0.4, 0.5) is 5.95 Å². The van der Waals surface area contributed by atoms with E-state index in [4.69, 9.17) is 4.42 Å². The van der Waals surface area contributed by atoms with Gasteiger partial charge in [-0.1, -0.05) is 18.2 Å². The van der Waals surface area contributed by atoms with E-state index < -0.39 is 0 Å². The lowest BCUT2D eigenvalue weighted by atomic mass is 10.2. The van der Waals surface area contributed by atoms with Crippen LogP contribution < -0.4 is 5.32 Å². The normalized spacial score (nSPS) is 11.4. The SMILES string of the molecule is c1coc(CNc2ncc(-c3cc4ccccc4[nH]3)c3nncn23)c1. The molecule has 5 aromatic rings. The second kappa shape index (κ2) is 5.48. The van der Waals surface area contributed by atoms with Crippen LogP contribution in [0, 0.1) is 0 Å². The second-order valence-corrected chi connectivity index (χ2v) is 5.72. The van der Waals surface area contributed by atoms with Gasteiger partial charge in [-0.3, -0.25) is 4.40 Å². The Morgan fingerprint density at radius 1 is 1.16 bits per heavy atom. The third-order valence-corrected chi connectivity index (χ3v) is 4.15. The average Bonchev–Trinajstić information content (AvgIpc) is 3.39. The third kappa shape index (κ3) is 2.33. The van der Waals surface area contributed by atoms with Gasteiger partial charge in [0.05, 0.1) is 24.1 Å². The van der Waals surface area contributed by atoms with E-state index in [-0.39, 0.29) is 0 Å². The highest BCUT2D eigenvalue weighted by atomic mass is 16.3. The minimum Gasteiger partial charge on any atom is -0.467 e. The molecule has 0 aliphatic rings. The number of aromatic amines is 1. The number of rotatable bonds is 4. The van der Waals surface area contributed by atoms with Gasteiger partial charge in [-0.15, -0.1) is 10.2 Å². The summed E-state index contributed by atoms with van der Waals surface area (Å²) < 4.78 is 7.18. The molecule has 4 aromatic heterocycles. The zero-order valence-corrected chi connectivity index (χ0v) is 13.2. The Bertz CT molecular complexity index is 1120. The standard InChI is InChI=1S/C18H14N6O/c1-2-6-15-12(4-1)8-16(22-15)14-10-20-18(24-11-21-23-17(14)24)19-9-13-5-3-7-25-13/h1-8,10-11,22H,9H2,(H,19,20). The number of para-hydroxylation sites is 1. The molecule has 0 saturated heterocycles. The lowest BCUT2D eigenvalue weighted by Gasteiger charge is -2.08. The summed E-state index contributed by atoms with van der Waals surface area (Å²) in [5.41, 5.74) is 3.68. The molecule has 0 atom stereocenters. The van der Waals surface area contributed by atoms with Crippen molar-refractivity contribution in [2.45, 2.75) is 6.54 Å². The van der Waals surface area contributed by atoms with Crippen molar-refractivity contribution in [3.05, 3.63) is 67.0 Å². The van der Waals surface area contributed by atoms with Gasteiger partial charge < -0.3 is 14.7 Å². The zero-order chi connectivity index (χ0) is 16.6. The molecule has 0 aliphatic carbocycles. The number of anilines is 1. The van der Waals surface area contributed by atoms with E-state index in [1.807, 2.05) is 34.7 Å². The van der Waals surface area contributed by atoms with Crippen molar-refractivity contribution in [3.8, 4) is 11.3 Å². The number of nitrogens with one attached hydrogen (secondary N) is 2. The fourth-order valence-electron chi connectivity index (χ4n) is 2.94. The van der Waals surface area contributed by atoms with Crippen LogP contribution in [0.5, 0.6) is 0 Å². The van der Waals surface area contributed by atoms with Crippen molar-refractivity contribution < 1.29 is 4.42 Å². The molecule has 2 N–H and O–H groups in total. The molecule has 5 rings (SSSR count). The van der Waals surface area contributed by atoms with Crippen molar-refractivity contribution >= 4 is 22.5 Å². The van der Waals surface area contributed by atoms with Crippen LogP contribution in [0.2, 0.25) is 0 Å². The number of hydrogen-bond acceptors (Lipinski definition) is 5. The van der Waals surface area contributed by atoms with Crippen LogP contribution in [0.25, 0.3) is 27.8 Å². The van der Waals surface area contributed by atoms with Crippen molar-refractivity contribution in [2.75, 3.05) is 5.32 Å². The van der Waals surface area contributed by atoms with Crippen LogP contribution in [0.15, 0.2) is 65.7 Å². The predicted molar refractivity (Wildman–Crippen MR) is 94.1 cm³/mol. The summed E-state index contributed by atoms with van der Waals surface area (Å²) >= 11 is 0. The summed E-state index contributed by atoms with van der Waals surface area (Å²) in [7, 11) is 0. The summed E-state index contributed by atoms with van der Waals surface area (Å²) in [6.45, 7) is 0.541. The van der Waals surface area contributed by atoms with Gasteiger partial charge in [0.25, 0.3) is 0 Å². The van der Waals surface area contributed by atoms with Gasteiger partial charge in [0.2, 0.25) is 5.95 Å². The maximum atomic E-state index is 5.34. The maximum Gasteiger partial charge on any atom is 0.210 e. The van der Waals surface area contributed by atoms with E-state index in [1.54, 1.807) is 18.8 Å². The first kappa shape index (κ1) is 13.8. The smallest absolute Gasteiger partial charge is 0.210 e. The van der Waals surface area contributed by atoms with Crippen LogP contribution in [-0.2, 0) is 6.54 Å². The number of hydrogen-bond donors (Lipinski definition) is 2. The summed E-state index contributed by atoms with van der Waals surface area (Å²) in [5.74, 6) is 1.50. The van der Waals surface area contributed by atoms with E-state index in [9.17, 15) is 0 Å². The molecule has 7 heteroatoms. The highest BCUT2D eigenvalue weighted by molar-refractivity contribution is 5.88. The molecule has 0 spiro atoms. The lowest BCUT2D eigenvalue weighted by molar-refractivity contribution is 0.517. The Morgan fingerprint density at radius 2 is 2.12 bits per heavy atom. The first-order valence-corrected chi connectivity index (χ1v) is 7.91. The van der Waals surface area contributed by atoms with E-state index in [0.29, 0.717) is 12.5 Å². The molecular weight excluding hydrogens is 316 g/mol. The lowest BCUT2D eigenvalue weighted by Crippen LogP contribution is -2.06. The van der Waals surface area contributed by atoms with Gasteiger partial charge in [0.15, 0.2) is 5.65 Å². The molecule has 0 fully saturated rings. The first-order chi connectivity index (χ1) is 12.4. The van der Waals surface area contributed by atoms with Crippen molar-refractivity contribution in [2.24, 2.45) is 0 Å². The Hall–Kier alpha value is -3.61. The second-order valence-electron chi connectivity index (χ2n) is 5.72. The van der Waals surface area contributed by atoms with Gasteiger partial charge in [0, 0.05) is 17.1 Å². The maximum absolute atomic E-state index is 5.34. The van der Waals surface area contributed by atoms with Crippen LogP contribution in [-0.4, -0.2) is 24.6 Å². The van der Waals surface area contributed by atoms with E-state index in [2.05, 4.69) is 37.6 Å². The Kier molecular flexibility index (Phi) is 3.03. The first-order valence-electron chi connectivity index (χ1n) is 7.91. The fraction of sp³-hybridized carbons (Fsp3) is 0.0556. The van der Waals surface area contributed by atoms with Crippen LogP contribution in [0.3, 0.4) is 0 Å². The molecule has 0 saturated carbocycles. The highest BCUT2D eigenvalue weighted by Crippen LogP contribution is 2.27. The quantitative estimate of drug-likeness (QED) is 0.527. The number of fused-ring (bicyclic) bond motifs is 2. The molecule has 1 aromatic carbocycles. The molecule has 0 bridgehead atoms. The summed E-state index contributed by atoms with van der Waals surface area (Å²) in [4.78, 5) is 7.95. The number of H-pyrrole nitrogens is 1. The molecule has 0 aliphatic heterocycles. The molecule has 122 valence electrons. The molecule has 0 radical (unpaired) electrons. The Morgan fingerprint density at radius 3 is 3.00 bits per heavy atom.